The molecule has 0 amide bonds. The van der Waals surface area contributed by atoms with E-state index < -0.39 is 0 Å². The number of aryl methyl sites for hydroxylation is 1. The van der Waals surface area contributed by atoms with Crippen LogP contribution < -0.4 is 5.32 Å². The first-order valence-electron chi connectivity index (χ1n) is 5.44. The molecule has 0 saturated heterocycles. The van der Waals surface area contributed by atoms with E-state index in [9.17, 15) is 0 Å². The monoisotopic (exact) mass is 207 g/mol. The van der Waals surface area contributed by atoms with E-state index in [0.717, 1.165) is 13.1 Å². The van der Waals surface area contributed by atoms with Crippen LogP contribution in [0.15, 0.2) is 18.0 Å². The van der Waals surface area contributed by atoms with Crippen molar-refractivity contribution in [2.24, 2.45) is 13.0 Å². The molecule has 0 fully saturated rings. The van der Waals surface area contributed by atoms with Crippen molar-refractivity contribution in [3.63, 3.8) is 0 Å². The van der Waals surface area contributed by atoms with Crippen molar-refractivity contribution in [1.82, 2.24) is 15.1 Å². The van der Waals surface area contributed by atoms with Crippen LogP contribution in [-0.2, 0) is 7.05 Å². The number of rotatable bonds is 5. The van der Waals surface area contributed by atoms with Gasteiger partial charge in [0.25, 0.3) is 0 Å². The number of hydrogen-bond acceptors (Lipinski definition) is 2. The molecule has 1 rings (SSSR count). The summed E-state index contributed by atoms with van der Waals surface area (Å²) in [7, 11) is 1.93. The maximum absolute atomic E-state index is 4.13. The Labute approximate surface area is 92.2 Å². The van der Waals surface area contributed by atoms with Crippen LogP contribution in [0.25, 0.3) is 6.08 Å². The molecule has 3 nitrogen and oxygen atoms in total. The summed E-state index contributed by atoms with van der Waals surface area (Å²) in [5.74, 6) is 0.705. The fourth-order valence-electron chi connectivity index (χ4n) is 1.41. The molecule has 0 bridgehead atoms. The highest BCUT2D eigenvalue weighted by atomic mass is 15.2. The Kier molecular flexibility index (Phi) is 4.56. The average molecular weight is 207 g/mol. The van der Waals surface area contributed by atoms with Crippen LogP contribution in [0.3, 0.4) is 0 Å². The molecule has 0 aliphatic rings. The van der Waals surface area contributed by atoms with E-state index in [-0.39, 0.29) is 0 Å². The first-order valence-corrected chi connectivity index (χ1v) is 5.44. The van der Waals surface area contributed by atoms with Gasteiger partial charge in [0, 0.05) is 25.4 Å². The van der Waals surface area contributed by atoms with Crippen molar-refractivity contribution in [3.8, 4) is 0 Å². The van der Waals surface area contributed by atoms with Gasteiger partial charge in [-0.15, -0.1) is 0 Å². The molecule has 0 atom stereocenters. The lowest BCUT2D eigenvalue weighted by Gasteiger charge is -2.06. The third-order valence-corrected chi connectivity index (χ3v) is 2.09. The van der Waals surface area contributed by atoms with Gasteiger partial charge < -0.3 is 5.32 Å². The third-order valence-electron chi connectivity index (χ3n) is 2.09. The van der Waals surface area contributed by atoms with Crippen LogP contribution in [0.5, 0.6) is 0 Å². The molecule has 15 heavy (non-hydrogen) atoms. The zero-order valence-electron chi connectivity index (χ0n) is 10.1. The van der Waals surface area contributed by atoms with Gasteiger partial charge >= 0.3 is 0 Å². The minimum Gasteiger partial charge on any atom is -0.313 e. The first-order chi connectivity index (χ1) is 7.08. The molecule has 0 aliphatic heterocycles. The van der Waals surface area contributed by atoms with Gasteiger partial charge in [-0.05, 0) is 19.4 Å². The minimum absolute atomic E-state index is 0.705. The zero-order chi connectivity index (χ0) is 11.3. The maximum atomic E-state index is 4.13. The van der Waals surface area contributed by atoms with Gasteiger partial charge in [0.05, 0.1) is 6.20 Å². The second kappa shape index (κ2) is 5.71. The van der Waals surface area contributed by atoms with Gasteiger partial charge in [0.15, 0.2) is 0 Å². The fraction of sp³-hybridized carbons (Fsp3) is 0.583. The molecule has 0 saturated carbocycles. The quantitative estimate of drug-likeness (QED) is 0.801. The van der Waals surface area contributed by atoms with Crippen LogP contribution >= 0.6 is 0 Å². The largest absolute Gasteiger partial charge is 0.313 e. The summed E-state index contributed by atoms with van der Waals surface area (Å²) in [5.41, 5.74) is 2.50. The van der Waals surface area contributed by atoms with Gasteiger partial charge in [0.2, 0.25) is 0 Å². The molecule has 1 N–H and O–H groups in total. The first kappa shape index (κ1) is 12.0. The van der Waals surface area contributed by atoms with Crippen LogP contribution in [0.1, 0.15) is 26.3 Å². The molecule has 1 heterocycles. The van der Waals surface area contributed by atoms with Crippen LogP contribution in [0, 0.1) is 5.92 Å². The summed E-state index contributed by atoms with van der Waals surface area (Å²) < 4.78 is 1.82. The molecule has 1 aromatic heterocycles. The Balaban J connectivity index is 2.39. The van der Waals surface area contributed by atoms with Crippen LogP contribution in [-0.4, -0.2) is 22.9 Å². The second-order valence-electron chi connectivity index (χ2n) is 4.46. The van der Waals surface area contributed by atoms with Gasteiger partial charge in [-0.2, -0.15) is 5.10 Å². The van der Waals surface area contributed by atoms with Gasteiger partial charge in [0.1, 0.15) is 0 Å². The lowest BCUT2D eigenvalue weighted by Crippen LogP contribution is -2.21. The van der Waals surface area contributed by atoms with Crippen molar-refractivity contribution < 1.29 is 0 Å². The highest BCUT2D eigenvalue weighted by Crippen LogP contribution is 2.04. The standard InChI is InChI=1S/C12H21N3/c1-10(2)6-13-7-11(3)5-12-8-14-15(4)9-12/h5,8-10,13H,6-7H2,1-4H3. The Hall–Kier alpha value is -1.09. The lowest BCUT2D eigenvalue weighted by molar-refractivity contribution is 0.572. The third kappa shape index (κ3) is 4.79. The van der Waals surface area contributed by atoms with E-state index in [1.807, 2.05) is 24.1 Å². The topological polar surface area (TPSA) is 29.9 Å². The Morgan fingerprint density at radius 3 is 2.87 bits per heavy atom. The molecule has 0 aromatic carbocycles. The van der Waals surface area contributed by atoms with Crippen molar-refractivity contribution in [3.05, 3.63) is 23.5 Å². The summed E-state index contributed by atoms with van der Waals surface area (Å²) in [5, 5.41) is 7.55. The molecule has 0 unspecified atom stereocenters. The highest BCUT2D eigenvalue weighted by molar-refractivity contribution is 5.50. The fourth-order valence-corrected chi connectivity index (χ4v) is 1.41. The Bertz CT molecular complexity index is 323. The smallest absolute Gasteiger partial charge is 0.0562 e. The minimum atomic E-state index is 0.705. The van der Waals surface area contributed by atoms with Crippen LogP contribution in [0.4, 0.5) is 0 Å². The summed E-state index contributed by atoms with van der Waals surface area (Å²) in [6, 6.07) is 0. The van der Waals surface area contributed by atoms with Crippen molar-refractivity contribution in [2.75, 3.05) is 13.1 Å². The predicted molar refractivity (Wildman–Crippen MR) is 64.6 cm³/mol. The normalized spacial score (nSPS) is 12.5. The van der Waals surface area contributed by atoms with Gasteiger partial charge in [-0.3, -0.25) is 4.68 Å². The molecule has 3 heteroatoms. The molecule has 84 valence electrons. The molecule has 0 aliphatic carbocycles. The van der Waals surface area contributed by atoms with E-state index in [1.165, 1.54) is 11.1 Å². The molecule has 0 spiro atoms. The molecule has 0 radical (unpaired) electrons. The van der Waals surface area contributed by atoms with Gasteiger partial charge in [-0.25, -0.2) is 0 Å². The number of hydrogen-bond donors (Lipinski definition) is 1. The van der Waals surface area contributed by atoms with E-state index in [4.69, 9.17) is 0 Å². The lowest BCUT2D eigenvalue weighted by atomic mass is 10.2. The summed E-state index contributed by atoms with van der Waals surface area (Å²) in [4.78, 5) is 0. The summed E-state index contributed by atoms with van der Waals surface area (Å²) in [6.45, 7) is 8.59. The average Bonchev–Trinajstić information content (AvgIpc) is 2.50. The summed E-state index contributed by atoms with van der Waals surface area (Å²) >= 11 is 0. The second-order valence-corrected chi connectivity index (χ2v) is 4.46. The van der Waals surface area contributed by atoms with Crippen LogP contribution in [0.2, 0.25) is 0 Å². The molecular weight excluding hydrogens is 186 g/mol. The predicted octanol–water partition coefficient (Wildman–Crippen LogP) is 2.07. The van der Waals surface area contributed by atoms with E-state index in [2.05, 4.69) is 37.3 Å². The summed E-state index contributed by atoms with van der Waals surface area (Å²) in [6.07, 6.45) is 6.07. The molecular formula is C12H21N3. The number of nitrogens with one attached hydrogen (secondary N) is 1. The maximum Gasteiger partial charge on any atom is 0.0562 e. The van der Waals surface area contributed by atoms with E-state index in [0.29, 0.717) is 5.92 Å². The molecule has 1 aromatic rings. The van der Waals surface area contributed by atoms with Crippen molar-refractivity contribution in [1.29, 1.82) is 0 Å². The number of aromatic nitrogens is 2. The van der Waals surface area contributed by atoms with Gasteiger partial charge in [-0.1, -0.05) is 25.5 Å². The Morgan fingerprint density at radius 1 is 1.60 bits per heavy atom. The highest BCUT2D eigenvalue weighted by Gasteiger charge is 1.95. The SMILES string of the molecule is CC(=Cc1cnn(C)c1)CNCC(C)C. The Morgan fingerprint density at radius 2 is 2.33 bits per heavy atom. The van der Waals surface area contributed by atoms with E-state index >= 15 is 0 Å². The van der Waals surface area contributed by atoms with Crippen molar-refractivity contribution in [2.45, 2.75) is 20.8 Å². The number of nitrogens with zero attached hydrogens (tertiary/aromatic N) is 2. The van der Waals surface area contributed by atoms with E-state index in [1.54, 1.807) is 0 Å². The van der Waals surface area contributed by atoms with Crippen molar-refractivity contribution >= 4 is 6.08 Å². The zero-order valence-corrected chi connectivity index (χ0v) is 10.1.